The van der Waals surface area contributed by atoms with Crippen LogP contribution in [0.5, 0.6) is 0 Å². The summed E-state index contributed by atoms with van der Waals surface area (Å²) in [6, 6.07) is 29.5. The minimum absolute atomic E-state index is 0.0937. The van der Waals surface area contributed by atoms with Crippen molar-refractivity contribution in [3.8, 4) is 0 Å². The van der Waals surface area contributed by atoms with Crippen molar-refractivity contribution in [1.82, 2.24) is 0 Å². The Hall–Kier alpha value is -4.12. The molecule has 1 aliphatic rings. The van der Waals surface area contributed by atoms with Crippen molar-refractivity contribution in [1.29, 1.82) is 0 Å². The highest BCUT2D eigenvalue weighted by Gasteiger charge is 2.33. The van der Waals surface area contributed by atoms with Crippen LogP contribution in [0.25, 0.3) is 10.8 Å². The lowest BCUT2D eigenvalue weighted by Gasteiger charge is -2.38. The van der Waals surface area contributed by atoms with E-state index >= 15 is 0 Å². The number of primary amides is 1. The first-order chi connectivity index (χ1) is 15.6. The molecule has 1 aliphatic heterocycles. The van der Waals surface area contributed by atoms with Gasteiger partial charge in [0, 0.05) is 18.5 Å². The molecular formula is C27H23N3O2. The first-order valence-electron chi connectivity index (χ1n) is 10.6. The van der Waals surface area contributed by atoms with Gasteiger partial charge in [0.15, 0.2) is 0 Å². The summed E-state index contributed by atoms with van der Waals surface area (Å²) in [7, 11) is 0. The number of carbonyl (C=O) groups is 2. The van der Waals surface area contributed by atoms with Crippen LogP contribution < -0.4 is 16.0 Å². The fraction of sp³-hybridized carbons (Fsp3) is 0.111. The highest BCUT2D eigenvalue weighted by atomic mass is 16.2. The zero-order chi connectivity index (χ0) is 22.1. The van der Waals surface area contributed by atoms with Crippen molar-refractivity contribution in [2.75, 3.05) is 10.2 Å². The predicted molar refractivity (Wildman–Crippen MR) is 128 cm³/mol. The average Bonchev–Trinajstić information content (AvgIpc) is 2.81. The molecule has 0 radical (unpaired) electrons. The number of amides is 2. The van der Waals surface area contributed by atoms with Crippen LogP contribution in [-0.2, 0) is 17.8 Å². The van der Waals surface area contributed by atoms with Crippen LogP contribution in [0.15, 0.2) is 91.0 Å². The monoisotopic (exact) mass is 421 g/mol. The van der Waals surface area contributed by atoms with E-state index in [9.17, 15) is 9.59 Å². The molecule has 0 saturated carbocycles. The number of nitrogens with zero attached hydrogens (tertiary/aromatic N) is 1. The first kappa shape index (κ1) is 19.8. The predicted octanol–water partition coefficient (Wildman–Crippen LogP) is 4.51. The van der Waals surface area contributed by atoms with E-state index in [4.69, 9.17) is 5.73 Å². The molecule has 2 amide bonds. The molecule has 0 aliphatic carbocycles. The normalized spacial score (nSPS) is 15.3. The van der Waals surface area contributed by atoms with E-state index in [0.717, 1.165) is 22.2 Å². The van der Waals surface area contributed by atoms with E-state index in [2.05, 4.69) is 40.5 Å². The second-order valence-electron chi connectivity index (χ2n) is 8.10. The number of nitrogens with two attached hydrogens (primary N) is 1. The molecule has 0 fully saturated rings. The zero-order valence-electron chi connectivity index (χ0n) is 17.5. The van der Waals surface area contributed by atoms with Crippen molar-refractivity contribution in [2.45, 2.75) is 19.0 Å². The molecule has 4 aromatic carbocycles. The number of rotatable bonds is 5. The van der Waals surface area contributed by atoms with Gasteiger partial charge in [-0.2, -0.15) is 0 Å². The lowest BCUT2D eigenvalue weighted by atomic mass is 9.98. The molecule has 5 rings (SSSR count). The summed E-state index contributed by atoms with van der Waals surface area (Å²) in [5.41, 5.74) is 9.52. The maximum Gasteiger partial charge on any atom is 0.248 e. The number of nitrogens with one attached hydrogen (secondary N) is 1. The van der Waals surface area contributed by atoms with Crippen LogP contribution >= 0.6 is 0 Å². The molecule has 3 N–H and O–H groups in total. The molecule has 0 unspecified atom stereocenters. The van der Waals surface area contributed by atoms with Gasteiger partial charge < -0.3 is 16.0 Å². The van der Waals surface area contributed by atoms with E-state index < -0.39 is 5.91 Å². The standard InChI is InChI=1S/C27H23N3O2/c28-26(31)22-12-13-24-23(16-22)29-27(32)25(15-18-6-2-1-3-7-18)30(24)17-19-10-11-20-8-4-5-9-21(20)14-19/h1-14,16,25H,15,17H2,(H2,28,31)(H,29,32)/t25-/m0/s1. The Morgan fingerprint density at radius 1 is 0.844 bits per heavy atom. The second-order valence-corrected chi connectivity index (χ2v) is 8.10. The van der Waals surface area contributed by atoms with E-state index in [0.29, 0.717) is 24.2 Å². The van der Waals surface area contributed by atoms with Crippen LogP contribution in [0, 0.1) is 0 Å². The minimum atomic E-state index is -0.519. The Morgan fingerprint density at radius 2 is 1.59 bits per heavy atom. The molecule has 1 atom stereocenters. The third-order valence-corrected chi connectivity index (χ3v) is 5.97. The topological polar surface area (TPSA) is 75.4 Å². The average molecular weight is 422 g/mol. The van der Waals surface area contributed by atoms with Gasteiger partial charge in [0.25, 0.3) is 0 Å². The maximum atomic E-state index is 13.2. The molecule has 0 bridgehead atoms. The van der Waals surface area contributed by atoms with Crippen molar-refractivity contribution in [3.63, 3.8) is 0 Å². The van der Waals surface area contributed by atoms with E-state index in [1.807, 2.05) is 48.5 Å². The number of anilines is 2. The van der Waals surface area contributed by atoms with Gasteiger partial charge in [-0.25, -0.2) is 0 Å². The Morgan fingerprint density at radius 3 is 2.38 bits per heavy atom. The van der Waals surface area contributed by atoms with Crippen molar-refractivity contribution in [2.24, 2.45) is 5.73 Å². The van der Waals surface area contributed by atoms with Crippen molar-refractivity contribution < 1.29 is 9.59 Å². The Kier molecular flexibility index (Phi) is 5.07. The van der Waals surface area contributed by atoms with Gasteiger partial charge in [-0.15, -0.1) is 0 Å². The third-order valence-electron chi connectivity index (χ3n) is 5.97. The Bertz CT molecular complexity index is 1320. The van der Waals surface area contributed by atoms with Crippen LogP contribution in [-0.4, -0.2) is 17.9 Å². The molecule has 0 spiro atoms. The number of benzene rings is 4. The number of fused-ring (bicyclic) bond motifs is 2. The molecule has 5 heteroatoms. The SMILES string of the molecule is NC(=O)c1ccc2c(c1)NC(=O)[C@H](Cc1ccccc1)N2Cc1ccc2ccccc2c1. The molecule has 0 saturated heterocycles. The summed E-state index contributed by atoms with van der Waals surface area (Å²) in [5, 5.41) is 5.33. The fourth-order valence-corrected chi connectivity index (χ4v) is 4.33. The molecule has 32 heavy (non-hydrogen) atoms. The lowest BCUT2D eigenvalue weighted by Crippen LogP contribution is -2.49. The minimum Gasteiger partial charge on any atom is -0.366 e. The van der Waals surface area contributed by atoms with Crippen LogP contribution in [0.4, 0.5) is 11.4 Å². The summed E-state index contributed by atoms with van der Waals surface area (Å²) < 4.78 is 0. The largest absolute Gasteiger partial charge is 0.366 e. The van der Waals surface area contributed by atoms with Gasteiger partial charge in [-0.05, 0) is 46.2 Å². The molecular weight excluding hydrogens is 398 g/mol. The van der Waals surface area contributed by atoms with E-state index in [1.165, 1.54) is 5.39 Å². The molecule has 1 heterocycles. The summed E-state index contributed by atoms with van der Waals surface area (Å²) in [5.74, 6) is -0.613. The highest BCUT2D eigenvalue weighted by molar-refractivity contribution is 6.05. The van der Waals surface area contributed by atoms with Gasteiger partial charge in [0.05, 0.1) is 11.4 Å². The molecule has 4 aromatic rings. The third kappa shape index (κ3) is 3.81. The van der Waals surface area contributed by atoms with Crippen LogP contribution in [0.3, 0.4) is 0 Å². The van der Waals surface area contributed by atoms with Gasteiger partial charge in [-0.1, -0.05) is 66.7 Å². The lowest BCUT2D eigenvalue weighted by molar-refractivity contribution is -0.117. The summed E-state index contributed by atoms with van der Waals surface area (Å²) in [6.07, 6.45) is 0.581. The van der Waals surface area contributed by atoms with Crippen molar-refractivity contribution in [3.05, 3.63) is 108 Å². The second kappa shape index (κ2) is 8.19. The van der Waals surface area contributed by atoms with Crippen molar-refractivity contribution >= 4 is 34.0 Å². The smallest absolute Gasteiger partial charge is 0.248 e. The van der Waals surface area contributed by atoms with Crippen LogP contribution in [0.1, 0.15) is 21.5 Å². The molecule has 158 valence electrons. The van der Waals surface area contributed by atoms with Gasteiger partial charge in [0.1, 0.15) is 6.04 Å². The fourth-order valence-electron chi connectivity index (χ4n) is 4.33. The quantitative estimate of drug-likeness (QED) is 0.498. The highest BCUT2D eigenvalue weighted by Crippen LogP contribution is 2.35. The number of hydrogen-bond donors (Lipinski definition) is 2. The Labute approximate surface area is 186 Å². The van der Waals surface area contributed by atoms with Crippen LogP contribution in [0.2, 0.25) is 0 Å². The summed E-state index contributed by atoms with van der Waals surface area (Å²) >= 11 is 0. The summed E-state index contributed by atoms with van der Waals surface area (Å²) in [4.78, 5) is 27.0. The Balaban J connectivity index is 1.56. The zero-order valence-corrected chi connectivity index (χ0v) is 17.5. The van der Waals surface area contributed by atoms with E-state index in [-0.39, 0.29) is 11.9 Å². The maximum absolute atomic E-state index is 13.2. The van der Waals surface area contributed by atoms with Gasteiger partial charge in [0.2, 0.25) is 11.8 Å². The first-order valence-corrected chi connectivity index (χ1v) is 10.6. The molecule has 0 aromatic heterocycles. The number of hydrogen-bond acceptors (Lipinski definition) is 3. The number of carbonyl (C=O) groups excluding carboxylic acids is 2. The van der Waals surface area contributed by atoms with Gasteiger partial charge >= 0.3 is 0 Å². The summed E-state index contributed by atoms with van der Waals surface area (Å²) in [6.45, 7) is 0.568. The molecule has 5 nitrogen and oxygen atoms in total. The van der Waals surface area contributed by atoms with Gasteiger partial charge in [-0.3, -0.25) is 9.59 Å². The van der Waals surface area contributed by atoms with E-state index in [1.54, 1.807) is 12.1 Å².